The highest BCUT2D eigenvalue weighted by Gasteiger charge is 2.45. The van der Waals surface area contributed by atoms with Crippen LogP contribution in [0.25, 0.3) is 0 Å². The van der Waals surface area contributed by atoms with E-state index in [1.807, 2.05) is 12.1 Å². The molecule has 18 heavy (non-hydrogen) atoms. The van der Waals surface area contributed by atoms with Crippen LogP contribution in [0.4, 0.5) is 0 Å². The lowest BCUT2D eigenvalue weighted by molar-refractivity contribution is 0.354. The van der Waals surface area contributed by atoms with Gasteiger partial charge in [-0.1, -0.05) is 29.8 Å². The van der Waals surface area contributed by atoms with Crippen molar-refractivity contribution < 1.29 is 9.47 Å². The second-order valence-electron chi connectivity index (χ2n) is 5.42. The average molecular weight is 314 g/mol. The molecule has 2 rings (SSSR count). The molecule has 4 heteroatoms. The van der Waals surface area contributed by atoms with Gasteiger partial charge in [-0.3, -0.25) is 0 Å². The minimum atomic E-state index is 0.447. The molecule has 0 aliphatic heterocycles. The maximum absolute atomic E-state index is 5.32. The van der Waals surface area contributed by atoms with Gasteiger partial charge in [-0.15, -0.1) is 0 Å². The van der Waals surface area contributed by atoms with Gasteiger partial charge >= 0.3 is 0 Å². The lowest BCUT2D eigenvalue weighted by Crippen LogP contribution is -2.20. The number of methoxy groups -OCH3 is 2. The smallest absolute Gasteiger partial charge is 0.161 e. The van der Waals surface area contributed by atoms with Gasteiger partial charge in [0.25, 0.3) is 0 Å². The van der Waals surface area contributed by atoms with Crippen molar-refractivity contribution >= 4 is 15.9 Å². The topological polar surface area (TPSA) is 30.5 Å². The maximum Gasteiger partial charge on any atom is 0.161 e. The Kier molecular flexibility index (Phi) is 3.87. The molecule has 1 atom stereocenters. The predicted octanol–water partition coefficient (Wildman–Crippen LogP) is 3.35. The molecule has 1 unspecified atom stereocenters. The van der Waals surface area contributed by atoms with Crippen LogP contribution in [-0.4, -0.2) is 20.3 Å². The summed E-state index contributed by atoms with van der Waals surface area (Å²) in [5, 5.41) is 3.57. The van der Waals surface area contributed by atoms with E-state index in [1.54, 1.807) is 14.2 Å². The third kappa shape index (κ3) is 2.81. The molecule has 1 N–H and O–H groups in total. The van der Waals surface area contributed by atoms with Gasteiger partial charge in [0.05, 0.1) is 14.2 Å². The minimum Gasteiger partial charge on any atom is -0.493 e. The van der Waals surface area contributed by atoms with Crippen molar-refractivity contribution in [1.29, 1.82) is 0 Å². The largest absolute Gasteiger partial charge is 0.493 e. The molecule has 0 amide bonds. The van der Waals surface area contributed by atoms with Crippen molar-refractivity contribution in [1.82, 2.24) is 5.32 Å². The standard InChI is InChI=1S/C14H20BrNO2/c1-14(2)7-13(14)16-8-9-5-11(17-3)12(18-4)6-10(9)15/h5-6,13,16H,7-8H2,1-4H3. The average Bonchev–Trinajstić information content (AvgIpc) is 2.95. The van der Waals surface area contributed by atoms with Crippen molar-refractivity contribution in [2.45, 2.75) is 32.9 Å². The fraction of sp³-hybridized carbons (Fsp3) is 0.571. The van der Waals surface area contributed by atoms with E-state index in [1.165, 1.54) is 12.0 Å². The highest BCUT2D eigenvalue weighted by molar-refractivity contribution is 9.10. The van der Waals surface area contributed by atoms with Crippen LogP contribution in [-0.2, 0) is 6.54 Å². The van der Waals surface area contributed by atoms with Crippen LogP contribution in [0.15, 0.2) is 16.6 Å². The van der Waals surface area contributed by atoms with E-state index in [4.69, 9.17) is 9.47 Å². The van der Waals surface area contributed by atoms with E-state index < -0.39 is 0 Å². The summed E-state index contributed by atoms with van der Waals surface area (Å²) in [6.07, 6.45) is 1.25. The lowest BCUT2D eigenvalue weighted by atomic mass is 10.1. The molecule has 100 valence electrons. The zero-order chi connectivity index (χ0) is 13.3. The summed E-state index contributed by atoms with van der Waals surface area (Å²) < 4.78 is 11.6. The number of ether oxygens (including phenoxy) is 2. The first kappa shape index (κ1) is 13.7. The molecule has 1 saturated carbocycles. The molecular formula is C14H20BrNO2. The van der Waals surface area contributed by atoms with Gasteiger partial charge in [0, 0.05) is 17.1 Å². The Hall–Kier alpha value is -0.740. The Labute approximate surface area is 117 Å². The molecule has 3 nitrogen and oxygen atoms in total. The van der Waals surface area contributed by atoms with Gasteiger partial charge in [0.2, 0.25) is 0 Å². The van der Waals surface area contributed by atoms with Gasteiger partial charge < -0.3 is 14.8 Å². The van der Waals surface area contributed by atoms with E-state index in [9.17, 15) is 0 Å². The second-order valence-corrected chi connectivity index (χ2v) is 6.28. The van der Waals surface area contributed by atoms with Crippen LogP contribution in [0.3, 0.4) is 0 Å². The number of halogens is 1. The summed E-state index contributed by atoms with van der Waals surface area (Å²) in [5.74, 6) is 1.52. The zero-order valence-electron chi connectivity index (χ0n) is 11.3. The molecule has 0 spiro atoms. The van der Waals surface area contributed by atoms with E-state index >= 15 is 0 Å². The number of hydrogen-bond acceptors (Lipinski definition) is 3. The van der Waals surface area contributed by atoms with Gasteiger partial charge in [0.1, 0.15) is 0 Å². The fourth-order valence-electron chi connectivity index (χ4n) is 2.08. The van der Waals surface area contributed by atoms with Crippen molar-refractivity contribution in [3.63, 3.8) is 0 Å². The monoisotopic (exact) mass is 313 g/mol. The van der Waals surface area contributed by atoms with Crippen molar-refractivity contribution in [3.8, 4) is 11.5 Å². The summed E-state index contributed by atoms with van der Waals surface area (Å²) in [6, 6.07) is 4.59. The van der Waals surface area contributed by atoms with Gasteiger partial charge in [-0.05, 0) is 29.5 Å². The van der Waals surface area contributed by atoms with E-state index in [0.29, 0.717) is 11.5 Å². The Morgan fingerprint density at radius 3 is 2.33 bits per heavy atom. The normalized spacial score (nSPS) is 20.6. The first-order chi connectivity index (χ1) is 8.47. The van der Waals surface area contributed by atoms with Gasteiger partial charge in [-0.25, -0.2) is 0 Å². The summed E-state index contributed by atoms with van der Waals surface area (Å²) in [7, 11) is 3.31. The highest BCUT2D eigenvalue weighted by Crippen LogP contribution is 2.45. The number of benzene rings is 1. The molecule has 0 saturated heterocycles. The van der Waals surface area contributed by atoms with Crippen LogP contribution in [0.1, 0.15) is 25.8 Å². The van der Waals surface area contributed by atoms with Crippen LogP contribution in [0.2, 0.25) is 0 Å². The van der Waals surface area contributed by atoms with Crippen LogP contribution in [0, 0.1) is 5.41 Å². The molecule has 0 heterocycles. The van der Waals surface area contributed by atoms with E-state index in [0.717, 1.165) is 22.5 Å². The van der Waals surface area contributed by atoms with Crippen LogP contribution in [0.5, 0.6) is 11.5 Å². The first-order valence-corrected chi connectivity index (χ1v) is 6.91. The summed E-state index contributed by atoms with van der Waals surface area (Å²) in [4.78, 5) is 0. The SMILES string of the molecule is COc1cc(Br)c(CNC2CC2(C)C)cc1OC. The molecule has 1 fully saturated rings. The van der Waals surface area contributed by atoms with Crippen LogP contribution >= 0.6 is 15.9 Å². The molecule has 1 aromatic rings. The summed E-state index contributed by atoms with van der Waals surface area (Å²) >= 11 is 3.57. The van der Waals surface area contributed by atoms with Crippen molar-refractivity contribution in [2.24, 2.45) is 5.41 Å². The van der Waals surface area contributed by atoms with E-state index in [-0.39, 0.29) is 0 Å². The van der Waals surface area contributed by atoms with Gasteiger partial charge in [0.15, 0.2) is 11.5 Å². The minimum absolute atomic E-state index is 0.447. The van der Waals surface area contributed by atoms with Crippen LogP contribution < -0.4 is 14.8 Å². The third-order valence-electron chi connectivity index (χ3n) is 3.60. The summed E-state index contributed by atoms with van der Waals surface area (Å²) in [6.45, 7) is 5.41. The predicted molar refractivity (Wildman–Crippen MR) is 76.3 cm³/mol. The fourth-order valence-corrected chi connectivity index (χ4v) is 2.54. The van der Waals surface area contributed by atoms with Gasteiger partial charge in [-0.2, -0.15) is 0 Å². The molecule has 0 bridgehead atoms. The first-order valence-electron chi connectivity index (χ1n) is 6.11. The molecule has 0 aromatic heterocycles. The molecule has 0 radical (unpaired) electrons. The summed E-state index contributed by atoms with van der Waals surface area (Å²) in [5.41, 5.74) is 1.64. The Morgan fingerprint density at radius 1 is 1.28 bits per heavy atom. The maximum atomic E-state index is 5.32. The number of hydrogen-bond donors (Lipinski definition) is 1. The Bertz CT molecular complexity index is 446. The highest BCUT2D eigenvalue weighted by atomic mass is 79.9. The number of nitrogens with one attached hydrogen (secondary N) is 1. The quantitative estimate of drug-likeness (QED) is 0.904. The van der Waals surface area contributed by atoms with Crippen molar-refractivity contribution in [2.75, 3.05) is 14.2 Å². The molecule has 1 aliphatic rings. The molecule has 1 aromatic carbocycles. The zero-order valence-corrected chi connectivity index (χ0v) is 12.9. The third-order valence-corrected chi connectivity index (χ3v) is 4.34. The lowest BCUT2D eigenvalue weighted by Gasteiger charge is -2.13. The van der Waals surface area contributed by atoms with E-state index in [2.05, 4.69) is 35.1 Å². The second kappa shape index (κ2) is 5.10. The Morgan fingerprint density at radius 2 is 1.83 bits per heavy atom. The molecular weight excluding hydrogens is 294 g/mol. The number of rotatable bonds is 5. The molecule has 1 aliphatic carbocycles. The Balaban J connectivity index is 2.08. The van der Waals surface area contributed by atoms with Crippen molar-refractivity contribution in [3.05, 3.63) is 22.2 Å².